The molecule has 0 aliphatic carbocycles. The van der Waals surface area contributed by atoms with Gasteiger partial charge in [0, 0.05) is 18.9 Å². The van der Waals surface area contributed by atoms with Gasteiger partial charge in [-0.3, -0.25) is 9.78 Å². The first-order valence-corrected chi connectivity index (χ1v) is 9.75. The molecule has 0 N–H and O–H groups in total. The first-order valence-electron chi connectivity index (χ1n) is 9.75. The van der Waals surface area contributed by atoms with E-state index in [0.29, 0.717) is 18.5 Å². The second-order valence-electron chi connectivity index (χ2n) is 6.86. The smallest absolute Gasteiger partial charge is 0.412 e. The molecule has 0 radical (unpaired) electrons. The van der Waals surface area contributed by atoms with E-state index in [1.54, 1.807) is 0 Å². The summed E-state index contributed by atoms with van der Waals surface area (Å²) in [4.78, 5) is 42.6. The van der Waals surface area contributed by atoms with Gasteiger partial charge >= 0.3 is 18.0 Å². The van der Waals surface area contributed by atoms with Crippen LogP contribution in [0.1, 0.15) is 41.1 Å². The van der Waals surface area contributed by atoms with Gasteiger partial charge in [0.25, 0.3) is 0 Å². The van der Waals surface area contributed by atoms with E-state index >= 15 is 0 Å². The molecule has 0 bridgehead atoms. The number of aromatic nitrogens is 1. The molecule has 1 aliphatic heterocycles. The topological polar surface area (TPSA) is 95.0 Å². The summed E-state index contributed by atoms with van der Waals surface area (Å²) >= 11 is 0. The lowest BCUT2D eigenvalue weighted by atomic mass is 9.85. The van der Waals surface area contributed by atoms with Crippen molar-refractivity contribution in [3.05, 3.63) is 66.0 Å². The molecule has 1 amide bonds. The van der Waals surface area contributed by atoms with E-state index in [4.69, 9.17) is 14.2 Å². The molecular weight excluding hydrogens is 388 g/mol. The van der Waals surface area contributed by atoms with Crippen molar-refractivity contribution in [3.8, 4) is 0 Å². The highest BCUT2D eigenvalue weighted by molar-refractivity contribution is 5.89. The normalized spacial score (nSPS) is 17.0. The summed E-state index contributed by atoms with van der Waals surface area (Å²) in [7, 11) is 1.34. The first-order chi connectivity index (χ1) is 14.6. The van der Waals surface area contributed by atoms with Crippen LogP contribution in [0, 0.1) is 0 Å². The number of ether oxygens (including phenoxy) is 3. The molecule has 1 aromatic heterocycles. The Hall–Kier alpha value is -3.42. The zero-order chi connectivity index (χ0) is 21.3. The van der Waals surface area contributed by atoms with Crippen molar-refractivity contribution < 1.29 is 28.6 Å². The van der Waals surface area contributed by atoms with Crippen LogP contribution >= 0.6 is 0 Å². The third-order valence-electron chi connectivity index (χ3n) is 5.07. The molecule has 1 saturated heterocycles. The number of hydrogen-bond acceptors (Lipinski definition) is 7. The van der Waals surface area contributed by atoms with E-state index in [1.165, 1.54) is 36.5 Å². The number of pyridine rings is 1. The number of carbonyl (C=O) groups excluding carboxylic acids is 3. The highest BCUT2D eigenvalue weighted by atomic mass is 16.7. The predicted molar refractivity (Wildman–Crippen MR) is 107 cm³/mol. The number of methoxy groups -OCH3 is 1. The van der Waals surface area contributed by atoms with Crippen LogP contribution in [0.5, 0.6) is 0 Å². The fourth-order valence-corrected chi connectivity index (χ4v) is 3.62. The van der Waals surface area contributed by atoms with Gasteiger partial charge in [-0.15, -0.1) is 0 Å². The van der Waals surface area contributed by atoms with Gasteiger partial charge in [0.1, 0.15) is 5.92 Å². The number of benzene rings is 1. The molecule has 0 saturated carbocycles. The van der Waals surface area contributed by atoms with Crippen molar-refractivity contribution in [2.24, 2.45) is 0 Å². The summed E-state index contributed by atoms with van der Waals surface area (Å²) < 4.78 is 15.2. The number of esters is 2. The van der Waals surface area contributed by atoms with E-state index in [1.807, 2.05) is 30.3 Å². The van der Waals surface area contributed by atoms with Crippen LogP contribution in [0.15, 0.2) is 54.9 Å². The summed E-state index contributed by atoms with van der Waals surface area (Å²) in [5.41, 5.74) is 1.09. The standard InChI is InChI=1S/C22H24N2O6/c1-28-21(26)19(16-7-3-2-4-8-16)18-9-5-6-14-24(18)22(27)30-15-29-20(25)17-10-12-23-13-11-17/h2-4,7-8,10-13,18-19H,5-6,9,14-15H2,1H3. The number of nitrogens with zero attached hydrogens (tertiary/aromatic N) is 2. The second kappa shape index (κ2) is 10.4. The maximum Gasteiger partial charge on any atom is 0.412 e. The van der Waals surface area contributed by atoms with Gasteiger partial charge in [0.2, 0.25) is 6.79 Å². The van der Waals surface area contributed by atoms with E-state index in [0.717, 1.165) is 18.4 Å². The van der Waals surface area contributed by atoms with Gasteiger partial charge < -0.3 is 19.1 Å². The Balaban J connectivity index is 1.67. The number of piperidine rings is 1. The van der Waals surface area contributed by atoms with Crippen LogP contribution in [0.3, 0.4) is 0 Å². The van der Waals surface area contributed by atoms with Crippen molar-refractivity contribution in [3.63, 3.8) is 0 Å². The minimum atomic E-state index is -0.632. The Morgan fingerprint density at radius 3 is 2.50 bits per heavy atom. The third kappa shape index (κ3) is 5.14. The number of rotatable bonds is 6. The fourth-order valence-electron chi connectivity index (χ4n) is 3.62. The first kappa shape index (κ1) is 21.3. The van der Waals surface area contributed by atoms with E-state index in [-0.39, 0.29) is 0 Å². The van der Waals surface area contributed by atoms with Crippen molar-refractivity contribution in [2.45, 2.75) is 31.2 Å². The molecule has 2 heterocycles. The maximum atomic E-state index is 12.7. The molecule has 1 aliphatic rings. The quantitative estimate of drug-likeness (QED) is 0.531. The Morgan fingerprint density at radius 2 is 1.80 bits per heavy atom. The SMILES string of the molecule is COC(=O)C(c1ccccc1)C1CCCCN1C(=O)OCOC(=O)c1ccncc1. The van der Waals surface area contributed by atoms with Gasteiger partial charge in [-0.1, -0.05) is 30.3 Å². The minimum absolute atomic E-state index is 0.312. The third-order valence-corrected chi connectivity index (χ3v) is 5.07. The second-order valence-corrected chi connectivity index (χ2v) is 6.86. The fraction of sp³-hybridized carbons (Fsp3) is 0.364. The van der Waals surface area contributed by atoms with E-state index < -0.39 is 36.8 Å². The van der Waals surface area contributed by atoms with Crippen molar-refractivity contribution in [1.82, 2.24) is 9.88 Å². The summed E-state index contributed by atoms with van der Waals surface area (Å²) in [5, 5.41) is 0. The van der Waals surface area contributed by atoms with Crippen LogP contribution in [0.4, 0.5) is 4.79 Å². The summed E-state index contributed by atoms with van der Waals surface area (Å²) in [5.74, 6) is -1.64. The maximum absolute atomic E-state index is 12.7. The van der Waals surface area contributed by atoms with Crippen molar-refractivity contribution >= 4 is 18.0 Å². The van der Waals surface area contributed by atoms with Gasteiger partial charge in [-0.05, 0) is 37.0 Å². The average molecular weight is 412 g/mol. The lowest BCUT2D eigenvalue weighted by Gasteiger charge is -2.38. The predicted octanol–water partition coefficient (Wildman–Crippen LogP) is 3.14. The Morgan fingerprint density at radius 1 is 1.07 bits per heavy atom. The molecule has 2 unspecified atom stereocenters. The van der Waals surface area contributed by atoms with Crippen LogP contribution in [0.2, 0.25) is 0 Å². The Kier molecular flexibility index (Phi) is 7.37. The number of hydrogen-bond donors (Lipinski definition) is 0. The van der Waals surface area contributed by atoms with E-state index in [2.05, 4.69) is 4.98 Å². The highest BCUT2D eigenvalue weighted by Gasteiger charge is 2.39. The monoisotopic (exact) mass is 412 g/mol. The van der Waals surface area contributed by atoms with Crippen LogP contribution in [-0.4, -0.2) is 54.4 Å². The van der Waals surface area contributed by atoms with Crippen LogP contribution in [-0.2, 0) is 19.0 Å². The van der Waals surface area contributed by atoms with Crippen molar-refractivity contribution in [2.75, 3.05) is 20.4 Å². The van der Waals surface area contributed by atoms with Crippen molar-refractivity contribution in [1.29, 1.82) is 0 Å². The molecule has 3 rings (SSSR count). The summed E-state index contributed by atoms with van der Waals surface area (Å²) in [6.45, 7) is -0.0699. The van der Waals surface area contributed by atoms with Crippen LogP contribution in [0.25, 0.3) is 0 Å². The number of carbonyl (C=O) groups is 3. The molecule has 2 aromatic rings. The van der Waals surface area contributed by atoms with Gasteiger partial charge in [0.05, 0.1) is 18.7 Å². The average Bonchev–Trinajstić information content (AvgIpc) is 2.80. The molecule has 30 heavy (non-hydrogen) atoms. The van der Waals surface area contributed by atoms with E-state index in [9.17, 15) is 14.4 Å². The molecule has 0 spiro atoms. The molecule has 8 nitrogen and oxygen atoms in total. The molecule has 8 heteroatoms. The van der Waals surface area contributed by atoms with Gasteiger partial charge in [-0.25, -0.2) is 9.59 Å². The van der Waals surface area contributed by atoms with Gasteiger partial charge in [0.15, 0.2) is 0 Å². The minimum Gasteiger partial charge on any atom is -0.468 e. The lowest BCUT2D eigenvalue weighted by Crippen LogP contribution is -2.49. The summed E-state index contributed by atoms with van der Waals surface area (Å²) in [6, 6.07) is 11.8. The molecule has 1 fully saturated rings. The molecular formula is C22H24N2O6. The highest BCUT2D eigenvalue weighted by Crippen LogP contribution is 2.32. The largest absolute Gasteiger partial charge is 0.468 e. The zero-order valence-corrected chi connectivity index (χ0v) is 16.7. The summed E-state index contributed by atoms with van der Waals surface area (Å²) in [6.07, 6.45) is 4.62. The molecule has 1 aromatic carbocycles. The van der Waals surface area contributed by atoms with Crippen LogP contribution < -0.4 is 0 Å². The number of likely N-dealkylation sites (tertiary alicyclic amines) is 1. The molecule has 2 atom stereocenters. The Bertz CT molecular complexity index is 858. The zero-order valence-electron chi connectivity index (χ0n) is 16.7. The Labute approximate surface area is 174 Å². The lowest BCUT2D eigenvalue weighted by molar-refractivity contribution is -0.144. The molecule has 158 valence electrons. The number of amides is 1. The van der Waals surface area contributed by atoms with Gasteiger partial charge in [-0.2, -0.15) is 0 Å².